The van der Waals surface area contributed by atoms with E-state index in [-0.39, 0.29) is 12.1 Å². The van der Waals surface area contributed by atoms with Crippen LogP contribution < -0.4 is 10.6 Å². The third kappa shape index (κ3) is 4.36. The average Bonchev–Trinajstić information content (AvgIpc) is 3.18. The summed E-state index contributed by atoms with van der Waals surface area (Å²) in [7, 11) is 3.22. The Kier molecular flexibility index (Phi) is 6.50. The number of carbonyl (C=O) groups is 1. The normalized spacial score (nSPS) is 16.8. The number of hydrogen-bond acceptors (Lipinski definition) is 6. The number of hydrogen-bond donors (Lipinski definition) is 1. The minimum absolute atomic E-state index is 0.227. The lowest BCUT2D eigenvalue weighted by molar-refractivity contribution is 0.0649. The van der Waals surface area contributed by atoms with E-state index in [1.807, 2.05) is 11.9 Å². The molecule has 1 saturated heterocycles. The Bertz CT molecular complexity index is 975. The van der Waals surface area contributed by atoms with Crippen LogP contribution in [-0.4, -0.2) is 61.1 Å². The van der Waals surface area contributed by atoms with Crippen LogP contribution in [0.2, 0.25) is 0 Å². The molecule has 2 N–H and O–H groups in total. The summed E-state index contributed by atoms with van der Waals surface area (Å²) in [6, 6.07) is 5.35. The highest BCUT2D eigenvalue weighted by molar-refractivity contribution is 5.71. The van der Waals surface area contributed by atoms with Gasteiger partial charge in [0.25, 0.3) is 0 Å². The molecule has 2 aliphatic rings. The minimum Gasteiger partial charge on any atom is -0.453 e. The first-order valence-electron chi connectivity index (χ1n) is 10.8. The molecule has 0 unspecified atom stereocenters. The standard InChI is InChI=1S/C22H29F2N5O3/c1-27(16-3-4-18(25)14(11-16)12-20(23)24)21-17-13-28(22(30)31-2)8-5-19(17)29(26-21)15-6-9-32-10-7-15/h3-4,11,15,20H,5-10,12-13,25H2,1-2H3. The van der Waals surface area contributed by atoms with Crippen molar-refractivity contribution in [2.75, 3.05) is 44.5 Å². The van der Waals surface area contributed by atoms with Crippen LogP contribution in [0.4, 0.5) is 30.8 Å². The lowest BCUT2D eigenvalue weighted by Gasteiger charge is -2.29. The Morgan fingerprint density at radius 1 is 1.38 bits per heavy atom. The van der Waals surface area contributed by atoms with Crippen molar-refractivity contribution in [1.82, 2.24) is 14.7 Å². The monoisotopic (exact) mass is 449 g/mol. The van der Waals surface area contributed by atoms with Gasteiger partial charge in [-0.05, 0) is 36.6 Å². The number of fused-ring (bicyclic) bond motifs is 1. The van der Waals surface area contributed by atoms with Gasteiger partial charge in [0, 0.05) is 62.3 Å². The molecule has 1 aromatic carbocycles. The summed E-state index contributed by atoms with van der Waals surface area (Å²) in [6.07, 6.45) is -0.850. The van der Waals surface area contributed by atoms with Gasteiger partial charge in [0.2, 0.25) is 6.43 Å². The molecule has 0 radical (unpaired) electrons. The number of carbonyl (C=O) groups excluding carboxylic acids is 1. The van der Waals surface area contributed by atoms with Gasteiger partial charge in [0.05, 0.1) is 19.7 Å². The summed E-state index contributed by atoms with van der Waals surface area (Å²) >= 11 is 0. The first kappa shape index (κ1) is 22.3. The fourth-order valence-electron chi connectivity index (χ4n) is 4.48. The van der Waals surface area contributed by atoms with Crippen molar-refractivity contribution in [3.05, 3.63) is 35.0 Å². The molecular weight excluding hydrogens is 420 g/mol. The molecule has 32 heavy (non-hydrogen) atoms. The van der Waals surface area contributed by atoms with E-state index in [0.29, 0.717) is 55.5 Å². The Balaban J connectivity index is 1.73. The van der Waals surface area contributed by atoms with Crippen molar-refractivity contribution in [2.24, 2.45) is 0 Å². The number of nitrogen functional groups attached to an aromatic ring is 1. The zero-order valence-electron chi connectivity index (χ0n) is 18.4. The molecular formula is C22H29F2N5O3. The van der Waals surface area contributed by atoms with Crippen molar-refractivity contribution < 1.29 is 23.0 Å². The number of benzene rings is 1. The van der Waals surface area contributed by atoms with Crippen LogP contribution in [-0.2, 0) is 28.9 Å². The number of anilines is 3. The number of rotatable bonds is 5. The van der Waals surface area contributed by atoms with Gasteiger partial charge in [0.1, 0.15) is 0 Å². The SMILES string of the molecule is COC(=O)N1CCc2c(c(N(C)c3ccc(N)c(CC(F)F)c3)nn2C2CCOCC2)C1. The first-order chi connectivity index (χ1) is 15.4. The molecule has 2 aliphatic heterocycles. The maximum absolute atomic E-state index is 13.0. The van der Waals surface area contributed by atoms with Crippen molar-refractivity contribution in [1.29, 1.82) is 0 Å². The van der Waals surface area contributed by atoms with Crippen LogP contribution in [0.5, 0.6) is 0 Å². The lowest BCUT2D eigenvalue weighted by Crippen LogP contribution is -2.37. The smallest absolute Gasteiger partial charge is 0.409 e. The highest BCUT2D eigenvalue weighted by Gasteiger charge is 2.32. The molecule has 1 aromatic heterocycles. The van der Waals surface area contributed by atoms with E-state index >= 15 is 0 Å². The number of aromatic nitrogens is 2. The highest BCUT2D eigenvalue weighted by Crippen LogP contribution is 2.36. The fourth-order valence-corrected chi connectivity index (χ4v) is 4.48. The maximum atomic E-state index is 13.0. The number of halogens is 2. The summed E-state index contributed by atoms with van der Waals surface area (Å²) < 4.78 is 38.5. The predicted octanol–water partition coefficient (Wildman–Crippen LogP) is 3.52. The lowest BCUT2D eigenvalue weighted by atomic mass is 10.0. The van der Waals surface area contributed by atoms with Crippen molar-refractivity contribution in [3.63, 3.8) is 0 Å². The molecule has 8 nitrogen and oxygen atoms in total. The Hall–Kier alpha value is -2.88. The molecule has 3 heterocycles. The second kappa shape index (κ2) is 9.32. The van der Waals surface area contributed by atoms with E-state index in [1.165, 1.54) is 7.11 Å². The zero-order chi connectivity index (χ0) is 22.8. The quantitative estimate of drug-likeness (QED) is 0.703. The summed E-state index contributed by atoms with van der Waals surface area (Å²) in [5, 5.41) is 4.95. The molecule has 174 valence electrons. The second-order valence-corrected chi connectivity index (χ2v) is 8.22. The van der Waals surface area contributed by atoms with Gasteiger partial charge in [-0.3, -0.25) is 4.68 Å². The van der Waals surface area contributed by atoms with Crippen molar-refractivity contribution >= 4 is 23.3 Å². The molecule has 10 heteroatoms. The van der Waals surface area contributed by atoms with Crippen LogP contribution in [0.15, 0.2) is 18.2 Å². The summed E-state index contributed by atoms with van der Waals surface area (Å²) in [5.74, 6) is 0.702. The number of amides is 1. The van der Waals surface area contributed by atoms with Gasteiger partial charge in [-0.2, -0.15) is 5.10 Å². The summed E-state index contributed by atoms with van der Waals surface area (Å²) in [5.41, 5.74) is 9.42. The van der Waals surface area contributed by atoms with Gasteiger partial charge in [-0.15, -0.1) is 0 Å². The van der Waals surface area contributed by atoms with Crippen LogP contribution in [0.25, 0.3) is 0 Å². The van der Waals surface area contributed by atoms with E-state index in [0.717, 1.165) is 24.1 Å². The number of methoxy groups -OCH3 is 1. The van der Waals surface area contributed by atoms with Crippen LogP contribution in [0.3, 0.4) is 0 Å². The first-order valence-corrected chi connectivity index (χ1v) is 10.8. The Morgan fingerprint density at radius 2 is 2.12 bits per heavy atom. The number of alkyl halides is 2. The van der Waals surface area contributed by atoms with E-state index in [1.54, 1.807) is 23.1 Å². The second-order valence-electron chi connectivity index (χ2n) is 8.22. The highest BCUT2D eigenvalue weighted by atomic mass is 19.3. The molecule has 1 amide bonds. The predicted molar refractivity (Wildman–Crippen MR) is 116 cm³/mol. The van der Waals surface area contributed by atoms with Crippen molar-refractivity contribution in [3.8, 4) is 0 Å². The zero-order valence-corrected chi connectivity index (χ0v) is 18.4. The van der Waals surface area contributed by atoms with E-state index < -0.39 is 12.8 Å². The van der Waals surface area contributed by atoms with E-state index in [2.05, 4.69) is 4.68 Å². The molecule has 4 rings (SSSR count). The van der Waals surface area contributed by atoms with Crippen LogP contribution in [0, 0.1) is 0 Å². The molecule has 0 saturated carbocycles. The van der Waals surface area contributed by atoms with E-state index in [9.17, 15) is 13.6 Å². The molecule has 2 aromatic rings. The Labute approximate surface area is 185 Å². The maximum Gasteiger partial charge on any atom is 0.409 e. The molecule has 0 atom stereocenters. The third-order valence-corrected chi connectivity index (χ3v) is 6.24. The number of nitrogens with zero attached hydrogens (tertiary/aromatic N) is 4. The van der Waals surface area contributed by atoms with Gasteiger partial charge in [0.15, 0.2) is 5.82 Å². The molecule has 0 aliphatic carbocycles. The molecule has 0 spiro atoms. The summed E-state index contributed by atoms with van der Waals surface area (Å²) in [4.78, 5) is 15.7. The number of nitrogens with two attached hydrogens (primary N) is 1. The minimum atomic E-state index is -2.48. The van der Waals surface area contributed by atoms with Gasteiger partial charge >= 0.3 is 6.09 Å². The topological polar surface area (TPSA) is 85.9 Å². The largest absolute Gasteiger partial charge is 0.453 e. The number of ether oxygens (including phenoxy) is 2. The van der Waals surface area contributed by atoms with Gasteiger partial charge in [-0.25, -0.2) is 13.6 Å². The van der Waals surface area contributed by atoms with Gasteiger partial charge < -0.3 is 25.0 Å². The van der Waals surface area contributed by atoms with Crippen LogP contribution >= 0.6 is 0 Å². The Morgan fingerprint density at radius 3 is 2.81 bits per heavy atom. The summed E-state index contributed by atoms with van der Waals surface area (Å²) in [6.45, 7) is 2.31. The molecule has 0 bridgehead atoms. The van der Waals surface area contributed by atoms with Crippen LogP contribution in [0.1, 0.15) is 35.7 Å². The third-order valence-electron chi connectivity index (χ3n) is 6.24. The van der Waals surface area contributed by atoms with E-state index in [4.69, 9.17) is 20.3 Å². The van der Waals surface area contributed by atoms with Gasteiger partial charge in [-0.1, -0.05) is 0 Å². The average molecular weight is 450 g/mol. The molecule has 1 fully saturated rings. The fraction of sp³-hybridized carbons (Fsp3) is 0.545. The van der Waals surface area contributed by atoms with Crippen molar-refractivity contribution in [2.45, 2.75) is 44.7 Å².